The zero-order valence-electron chi connectivity index (χ0n) is 9.66. The molecule has 2 atom stereocenters. The van der Waals surface area contributed by atoms with Gasteiger partial charge in [-0.3, -0.25) is 0 Å². The second-order valence-electron chi connectivity index (χ2n) is 5.51. The molecule has 2 rings (SSSR count). The fourth-order valence-corrected chi connectivity index (χ4v) is 1.98. The summed E-state index contributed by atoms with van der Waals surface area (Å²) in [5.41, 5.74) is 2.89. The highest BCUT2D eigenvalue weighted by Crippen LogP contribution is 2.46. The first kappa shape index (κ1) is 10.4. The van der Waals surface area contributed by atoms with Gasteiger partial charge in [-0.1, -0.05) is 45.0 Å². The van der Waals surface area contributed by atoms with Gasteiger partial charge in [0, 0.05) is 5.92 Å². The summed E-state index contributed by atoms with van der Waals surface area (Å²) in [5.74, 6) is 0.780. The lowest BCUT2D eigenvalue weighted by Crippen LogP contribution is -2.10. The van der Waals surface area contributed by atoms with Crippen molar-refractivity contribution in [3.8, 4) is 0 Å². The zero-order chi connectivity index (χ0) is 11.1. The van der Waals surface area contributed by atoms with Crippen molar-refractivity contribution < 1.29 is 4.79 Å². The molecule has 0 aromatic heterocycles. The summed E-state index contributed by atoms with van der Waals surface area (Å²) < 4.78 is 0. The molecule has 1 aliphatic carbocycles. The van der Waals surface area contributed by atoms with Crippen LogP contribution in [0.25, 0.3) is 0 Å². The van der Waals surface area contributed by atoms with Crippen molar-refractivity contribution in [3.63, 3.8) is 0 Å². The highest BCUT2D eigenvalue weighted by molar-refractivity contribution is 5.61. The Labute approximate surface area is 91.5 Å². The normalized spacial score (nSPS) is 25.0. The summed E-state index contributed by atoms with van der Waals surface area (Å²) in [5, 5.41) is 0. The number of benzene rings is 1. The lowest BCUT2D eigenvalue weighted by molar-refractivity contribution is -0.108. The Morgan fingerprint density at radius 2 is 1.80 bits per heavy atom. The summed E-state index contributed by atoms with van der Waals surface area (Å²) in [6.45, 7) is 6.65. The number of hydrogen-bond donors (Lipinski definition) is 0. The summed E-state index contributed by atoms with van der Waals surface area (Å²) in [4.78, 5) is 10.6. The Hall–Kier alpha value is -1.11. The standard InChI is InChI=1S/C14H18O/c1-14(2,3)12-6-4-10(5-7-12)13-8-11(13)9-15/h4-7,9,11,13H,8H2,1-3H3. The van der Waals surface area contributed by atoms with E-state index in [-0.39, 0.29) is 11.3 Å². The van der Waals surface area contributed by atoms with Gasteiger partial charge in [0.2, 0.25) is 0 Å². The van der Waals surface area contributed by atoms with Crippen molar-refractivity contribution in [3.05, 3.63) is 35.4 Å². The maximum Gasteiger partial charge on any atom is 0.123 e. The fraction of sp³-hybridized carbons (Fsp3) is 0.500. The summed E-state index contributed by atoms with van der Waals surface area (Å²) >= 11 is 0. The summed E-state index contributed by atoms with van der Waals surface area (Å²) in [7, 11) is 0. The van der Waals surface area contributed by atoms with Crippen LogP contribution in [-0.2, 0) is 10.2 Å². The molecule has 1 aromatic carbocycles. The van der Waals surface area contributed by atoms with E-state index in [0.717, 1.165) is 12.7 Å². The summed E-state index contributed by atoms with van der Waals surface area (Å²) in [6.07, 6.45) is 2.13. The molecule has 15 heavy (non-hydrogen) atoms. The molecule has 1 heteroatoms. The molecule has 1 aliphatic rings. The van der Waals surface area contributed by atoms with Crippen LogP contribution in [0.4, 0.5) is 0 Å². The molecule has 0 amide bonds. The van der Waals surface area contributed by atoms with Crippen LogP contribution in [0, 0.1) is 5.92 Å². The van der Waals surface area contributed by atoms with Crippen molar-refractivity contribution in [1.82, 2.24) is 0 Å². The van der Waals surface area contributed by atoms with Gasteiger partial charge in [0.05, 0.1) is 0 Å². The second kappa shape index (κ2) is 3.48. The highest BCUT2D eigenvalue weighted by atomic mass is 16.1. The average Bonchev–Trinajstić information content (AvgIpc) is 2.95. The van der Waals surface area contributed by atoms with Crippen molar-refractivity contribution >= 4 is 6.29 Å². The Bertz CT molecular complexity index is 356. The van der Waals surface area contributed by atoms with E-state index >= 15 is 0 Å². The Morgan fingerprint density at radius 3 is 2.20 bits per heavy atom. The predicted octanol–water partition coefficient (Wildman–Crippen LogP) is 3.29. The van der Waals surface area contributed by atoms with Crippen LogP contribution in [0.3, 0.4) is 0 Å². The zero-order valence-corrected chi connectivity index (χ0v) is 9.66. The average molecular weight is 202 g/mol. The number of hydrogen-bond acceptors (Lipinski definition) is 1. The molecule has 0 heterocycles. The Morgan fingerprint density at radius 1 is 1.20 bits per heavy atom. The van der Waals surface area contributed by atoms with E-state index in [9.17, 15) is 4.79 Å². The Balaban J connectivity index is 2.15. The molecule has 80 valence electrons. The van der Waals surface area contributed by atoms with Crippen LogP contribution in [0.1, 0.15) is 44.2 Å². The minimum absolute atomic E-state index is 0.214. The minimum Gasteiger partial charge on any atom is -0.303 e. The maximum absolute atomic E-state index is 10.6. The molecule has 0 N–H and O–H groups in total. The topological polar surface area (TPSA) is 17.1 Å². The molecule has 0 saturated heterocycles. The van der Waals surface area contributed by atoms with E-state index < -0.39 is 0 Å². The van der Waals surface area contributed by atoms with Crippen molar-refractivity contribution in [2.45, 2.75) is 38.5 Å². The first-order valence-corrected chi connectivity index (χ1v) is 5.58. The van der Waals surface area contributed by atoms with Crippen LogP contribution in [0.2, 0.25) is 0 Å². The van der Waals surface area contributed by atoms with Crippen molar-refractivity contribution in [1.29, 1.82) is 0 Å². The molecule has 0 bridgehead atoms. The van der Waals surface area contributed by atoms with Gasteiger partial charge in [0.1, 0.15) is 6.29 Å². The van der Waals surface area contributed by atoms with Gasteiger partial charge in [0.25, 0.3) is 0 Å². The van der Waals surface area contributed by atoms with Crippen LogP contribution in [0.15, 0.2) is 24.3 Å². The number of aldehydes is 1. The van der Waals surface area contributed by atoms with Gasteiger partial charge in [-0.2, -0.15) is 0 Å². The van der Waals surface area contributed by atoms with Gasteiger partial charge in [0.15, 0.2) is 0 Å². The number of carbonyl (C=O) groups is 1. The smallest absolute Gasteiger partial charge is 0.123 e. The molecular formula is C14H18O. The van der Waals surface area contributed by atoms with Crippen LogP contribution in [-0.4, -0.2) is 6.29 Å². The van der Waals surface area contributed by atoms with Gasteiger partial charge in [-0.25, -0.2) is 0 Å². The van der Waals surface area contributed by atoms with Gasteiger partial charge < -0.3 is 4.79 Å². The van der Waals surface area contributed by atoms with Gasteiger partial charge in [-0.15, -0.1) is 0 Å². The third kappa shape index (κ3) is 2.11. The number of rotatable bonds is 2. The number of carbonyl (C=O) groups excluding carboxylic acids is 1. The second-order valence-corrected chi connectivity index (χ2v) is 5.51. The first-order chi connectivity index (χ1) is 7.02. The quantitative estimate of drug-likeness (QED) is 0.673. The van der Waals surface area contributed by atoms with E-state index in [0.29, 0.717) is 5.92 Å². The molecule has 0 spiro atoms. The van der Waals surface area contributed by atoms with Crippen LogP contribution >= 0.6 is 0 Å². The third-order valence-corrected chi connectivity index (χ3v) is 3.22. The fourth-order valence-electron chi connectivity index (χ4n) is 1.98. The van der Waals surface area contributed by atoms with Gasteiger partial charge in [-0.05, 0) is 28.9 Å². The predicted molar refractivity (Wildman–Crippen MR) is 62.1 cm³/mol. The lowest BCUT2D eigenvalue weighted by atomic mass is 9.86. The van der Waals surface area contributed by atoms with Gasteiger partial charge >= 0.3 is 0 Å². The molecule has 1 nitrogen and oxygen atoms in total. The molecule has 1 fully saturated rings. The van der Waals surface area contributed by atoms with E-state index in [1.54, 1.807) is 0 Å². The van der Waals surface area contributed by atoms with E-state index in [4.69, 9.17) is 0 Å². The minimum atomic E-state index is 0.214. The van der Waals surface area contributed by atoms with Crippen molar-refractivity contribution in [2.75, 3.05) is 0 Å². The molecule has 1 aromatic rings. The first-order valence-electron chi connectivity index (χ1n) is 5.58. The highest BCUT2D eigenvalue weighted by Gasteiger charge is 2.37. The van der Waals surface area contributed by atoms with Crippen LogP contribution < -0.4 is 0 Å². The molecule has 0 radical (unpaired) electrons. The summed E-state index contributed by atoms with van der Waals surface area (Å²) in [6, 6.07) is 8.73. The monoisotopic (exact) mass is 202 g/mol. The molecule has 0 aliphatic heterocycles. The SMILES string of the molecule is CC(C)(C)c1ccc(C2CC2C=O)cc1. The molecule has 2 unspecified atom stereocenters. The van der Waals surface area contributed by atoms with Crippen LogP contribution in [0.5, 0.6) is 0 Å². The van der Waals surface area contributed by atoms with E-state index in [1.807, 2.05) is 0 Å². The molecular weight excluding hydrogens is 184 g/mol. The largest absolute Gasteiger partial charge is 0.303 e. The van der Waals surface area contributed by atoms with E-state index in [1.165, 1.54) is 11.1 Å². The van der Waals surface area contributed by atoms with E-state index in [2.05, 4.69) is 45.0 Å². The van der Waals surface area contributed by atoms with Crippen molar-refractivity contribution in [2.24, 2.45) is 5.92 Å². The molecule has 1 saturated carbocycles. The maximum atomic E-state index is 10.6. The lowest BCUT2D eigenvalue weighted by Gasteiger charge is -2.19. The Kier molecular flexibility index (Phi) is 2.41. The third-order valence-electron chi connectivity index (χ3n) is 3.22.